The lowest BCUT2D eigenvalue weighted by molar-refractivity contribution is -0.914. The number of nitrogens with zero attached hydrogens (tertiary/aromatic N) is 2. The molecule has 0 aromatic heterocycles. The fourth-order valence-corrected chi connectivity index (χ4v) is 3.64. The molecule has 1 heterocycles. The van der Waals surface area contributed by atoms with Gasteiger partial charge in [-0.05, 0) is 50.2 Å². The molecule has 1 atom stereocenters. The van der Waals surface area contributed by atoms with Gasteiger partial charge >= 0.3 is 0 Å². The number of nitrogens with one attached hydrogen (secondary N) is 1. The van der Waals surface area contributed by atoms with Crippen LogP contribution in [0.25, 0.3) is 0 Å². The Labute approximate surface area is 161 Å². The van der Waals surface area contributed by atoms with Gasteiger partial charge in [-0.3, -0.25) is 9.59 Å². The van der Waals surface area contributed by atoms with E-state index in [1.807, 2.05) is 68.6 Å². The molecule has 0 radical (unpaired) electrons. The number of benzene rings is 2. The number of quaternary nitrogens is 1. The highest BCUT2D eigenvalue weighted by atomic mass is 16.2. The van der Waals surface area contributed by atoms with Gasteiger partial charge in [-0.15, -0.1) is 0 Å². The monoisotopic (exact) mass is 366 g/mol. The van der Waals surface area contributed by atoms with E-state index >= 15 is 0 Å². The molecule has 142 valence electrons. The highest BCUT2D eigenvalue weighted by Crippen LogP contribution is 2.16. The molecular formula is C22H28N3O2+. The first-order chi connectivity index (χ1) is 13.0. The summed E-state index contributed by atoms with van der Waals surface area (Å²) in [6.45, 7) is 7.26. The van der Waals surface area contributed by atoms with Crippen LogP contribution in [-0.4, -0.2) is 51.0 Å². The maximum absolute atomic E-state index is 12.9. The zero-order chi connectivity index (χ0) is 19.4. The number of carbonyl (C=O) groups is 2. The number of hydrogen-bond donors (Lipinski definition) is 1. The number of rotatable bonds is 5. The normalized spacial score (nSPS) is 16.0. The number of ketones is 1. The Kier molecular flexibility index (Phi) is 5.91. The minimum Gasteiger partial charge on any atom is -0.360 e. The van der Waals surface area contributed by atoms with Gasteiger partial charge in [-0.2, -0.15) is 0 Å². The van der Waals surface area contributed by atoms with Crippen LogP contribution in [0.1, 0.15) is 24.2 Å². The van der Waals surface area contributed by atoms with E-state index in [1.54, 1.807) is 11.8 Å². The van der Waals surface area contributed by atoms with Gasteiger partial charge in [0.2, 0.25) is 0 Å². The van der Waals surface area contributed by atoms with E-state index in [4.69, 9.17) is 0 Å². The molecule has 1 saturated heterocycles. The molecular weight excluding hydrogens is 338 g/mol. The molecule has 0 saturated carbocycles. The van der Waals surface area contributed by atoms with Crippen molar-refractivity contribution in [1.29, 1.82) is 0 Å². The van der Waals surface area contributed by atoms with Gasteiger partial charge in [-0.25, -0.2) is 0 Å². The molecule has 5 heteroatoms. The van der Waals surface area contributed by atoms with Crippen molar-refractivity contribution in [1.82, 2.24) is 0 Å². The van der Waals surface area contributed by atoms with E-state index in [-0.39, 0.29) is 17.7 Å². The summed E-state index contributed by atoms with van der Waals surface area (Å²) >= 11 is 0. The van der Waals surface area contributed by atoms with Gasteiger partial charge in [0.1, 0.15) is 0 Å². The Hall–Kier alpha value is -2.66. The van der Waals surface area contributed by atoms with Crippen LogP contribution in [0.2, 0.25) is 0 Å². The number of anilines is 2. The van der Waals surface area contributed by atoms with Crippen molar-refractivity contribution in [3.8, 4) is 0 Å². The van der Waals surface area contributed by atoms with Crippen molar-refractivity contribution in [2.75, 3.05) is 43.0 Å². The zero-order valence-corrected chi connectivity index (χ0v) is 16.3. The number of piperazine rings is 1. The SMILES string of the molecule is CC(=O)c1ccc(N2CC[NH+]([C@@H](C)C(=O)N(C)c3ccccc3)CC2)cc1. The van der Waals surface area contributed by atoms with Crippen molar-refractivity contribution in [2.45, 2.75) is 19.9 Å². The second-order valence-corrected chi connectivity index (χ2v) is 7.20. The molecule has 1 amide bonds. The predicted octanol–water partition coefficient (Wildman–Crippen LogP) is 1.65. The minimum atomic E-state index is -0.0718. The van der Waals surface area contributed by atoms with E-state index in [2.05, 4.69) is 4.90 Å². The number of para-hydroxylation sites is 1. The average molecular weight is 366 g/mol. The largest absolute Gasteiger partial charge is 0.360 e. The minimum absolute atomic E-state index is 0.0718. The molecule has 0 bridgehead atoms. The second-order valence-electron chi connectivity index (χ2n) is 7.20. The number of Topliss-reactive ketones (excluding diaryl/α,β-unsaturated/α-hetero) is 1. The molecule has 27 heavy (non-hydrogen) atoms. The number of carbonyl (C=O) groups excluding carboxylic acids is 2. The lowest BCUT2D eigenvalue weighted by atomic mass is 10.1. The molecule has 0 aliphatic carbocycles. The Morgan fingerprint density at radius 3 is 2.15 bits per heavy atom. The Bertz CT molecular complexity index is 781. The standard InChI is InChI=1S/C22H27N3O2/c1-17(22(27)23(3)20-7-5-4-6-8-20)24-13-15-25(16-14-24)21-11-9-19(10-12-21)18(2)26/h4-12,17H,13-16H2,1-3H3/p+1/t17-/m0/s1. The van der Waals surface area contributed by atoms with Gasteiger partial charge in [-0.1, -0.05) is 18.2 Å². The van der Waals surface area contributed by atoms with E-state index in [0.29, 0.717) is 0 Å². The zero-order valence-electron chi connectivity index (χ0n) is 16.3. The summed E-state index contributed by atoms with van der Waals surface area (Å²) in [4.78, 5) is 29.7. The molecule has 3 rings (SSSR count). The molecule has 1 aliphatic rings. The third-order valence-corrected chi connectivity index (χ3v) is 5.50. The fourth-order valence-electron chi connectivity index (χ4n) is 3.64. The Balaban J connectivity index is 1.58. The van der Waals surface area contributed by atoms with Crippen molar-refractivity contribution < 1.29 is 14.5 Å². The molecule has 2 aromatic rings. The lowest BCUT2D eigenvalue weighted by Crippen LogP contribution is -3.19. The second kappa shape index (κ2) is 8.35. The van der Waals surface area contributed by atoms with Crippen molar-refractivity contribution in [3.05, 3.63) is 60.2 Å². The highest BCUT2D eigenvalue weighted by Gasteiger charge is 2.31. The molecule has 1 fully saturated rings. The summed E-state index contributed by atoms with van der Waals surface area (Å²) in [5.74, 6) is 0.237. The summed E-state index contributed by atoms with van der Waals surface area (Å²) in [6, 6.07) is 17.5. The average Bonchev–Trinajstić information content (AvgIpc) is 2.73. The fraction of sp³-hybridized carbons (Fsp3) is 0.364. The van der Waals surface area contributed by atoms with Crippen LogP contribution in [0.15, 0.2) is 54.6 Å². The van der Waals surface area contributed by atoms with Crippen molar-refractivity contribution in [2.24, 2.45) is 0 Å². The first-order valence-electron chi connectivity index (χ1n) is 9.50. The molecule has 0 spiro atoms. The smallest absolute Gasteiger partial charge is 0.284 e. The van der Waals surface area contributed by atoms with E-state index in [9.17, 15) is 9.59 Å². The summed E-state index contributed by atoms with van der Waals surface area (Å²) < 4.78 is 0. The summed E-state index contributed by atoms with van der Waals surface area (Å²) in [6.07, 6.45) is 0. The predicted molar refractivity (Wildman–Crippen MR) is 109 cm³/mol. The molecule has 5 nitrogen and oxygen atoms in total. The van der Waals surface area contributed by atoms with Crippen LogP contribution in [0.4, 0.5) is 11.4 Å². The summed E-state index contributed by atoms with van der Waals surface area (Å²) in [5, 5.41) is 0. The van der Waals surface area contributed by atoms with Crippen molar-refractivity contribution >= 4 is 23.1 Å². The summed E-state index contributed by atoms with van der Waals surface area (Å²) in [7, 11) is 1.85. The van der Waals surface area contributed by atoms with Gasteiger partial charge in [0, 0.05) is 24.0 Å². The van der Waals surface area contributed by atoms with Gasteiger partial charge in [0.25, 0.3) is 5.91 Å². The maximum atomic E-state index is 12.9. The first-order valence-corrected chi connectivity index (χ1v) is 9.50. The number of amides is 1. The first kappa shape index (κ1) is 19.1. The third-order valence-electron chi connectivity index (χ3n) is 5.50. The van der Waals surface area contributed by atoms with Crippen LogP contribution >= 0.6 is 0 Å². The molecule has 2 aromatic carbocycles. The van der Waals surface area contributed by atoms with Crippen LogP contribution in [0.3, 0.4) is 0 Å². The maximum Gasteiger partial charge on any atom is 0.284 e. The van der Waals surface area contributed by atoms with E-state index in [1.165, 1.54) is 4.90 Å². The summed E-state index contributed by atoms with van der Waals surface area (Å²) in [5.41, 5.74) is 2.81. The van der Waals surface area contributed by atoms with Crippen LogP contribution in [0, 0.1) is 0 Å². The Morgan fingerprint density at radius 1 is 1.00 bits per heavy atom. The van der Waals surface area contributed by atoms with Gasteiger partial charge in [0.15, 0.2) is 11.8 Å². The Morgan fingerprint density at radius 2 is 1.59 bits per heavy atom. The van der Waals surface area contributed by atoms with Crippen LogP contribution < -0.4 is 14.7 Å². The van der Waals surface area contributed by atoms with E-state index < -0.39 is 0 Å². The van der Waals surface area contributed by atoms with Gasteiger partial charge in [0.05, 0.1) is 26.2 Å². The molecule has 1 aliphatic heterocycles. The topological polar surface area (TPSA) is 45.1 Å². The number of likely N-dealkylation sites (N-methyl/N-ethyl adjacent to an activating group) is 1. The molecule has 1 N–H and O–H groups in total. The molecule has 0 unspecified atom stereocenters. The highest BCUT2D eigenvalue weighted by molar-refractivity contribution is 5.95. The van der Waals surface area contributed by atoms with Crippen LogP contribution in [-0.2, 0) is 4.79 Å². The van der Waals surface area contributed by atoms with E-state index in [0.717, 1.165) is 43.1 Å². The third kappa shape index (κ3) is 4.37. The lowest BCUT2D eigenvalue weighted by Gasteiger charge is -2.37. The van der Waals surface area contributed by atoms with Crippen molar-refractivity contribution in [3.63, 3.8) is 0 Å². The van der Waals surface area contributed by atoms with Gasteiger partial charge < -0.3 is 14.7 Å². The number of hydrogen-bond acceptors (Lipinski definition) is 3. The van der Waals surface area contributed by atoms with Crippen LogP contribution in [0.5, 0.6) is 0 Å². The quantitative estimate of drug-likeness (QED) is 0.819.